The number of aromatic hydroxyl groups is 1. The van der Waals surface area contributed by atoms with Gasteiger partial charge in [-0.2, -0.15) is 0 Å². The van der Waals surface area contributed by atoms with Gasteiger partial charge in [-0.05, 0) is 48.0 Å². The minimum absolute atomic E-state index is 0.0220. The van der Waals surface area contributed by atoms with Crippen LogP contribution in [0.5, 0.6) is 5.75 Å². The van der Waals surface area contributed by atoms with Crippen LogP contribution in [0.3, 0.4) is 0 Å². The molecule has 0 aliphatic rings. The molecule has 1 heterocycles. The van der Waals surface area contributed by atoms with Crippen molar-refractivity contribution in [2.45, 2.75) is 0 Å². The van der Waals surface area contributed by atoms with Crippen molar-refractivity contribution in [2.75, 3.05) is 0 Å². The van der Waals surface area contributed by atoms with Gasteiger partial charge in [-0.25, -0.2) is 4.98 Å². The van der Waals surface area contributed by atoms with E-state index in [-0.39, 0.29) is 11.3 Å². The van der Waals surface area contributed by atoms with Crippen LogP contribution in [0, 0.1) is 0 Å². The SMILES string of the molecule is O=c1c2ccccc2nc(C=Cc2cccc(Br)c2)n1-c1ccccc1O. The lowest BCUT2D eigenvalue weighted by Gasteiger charge is -2.12. The van der Waals surface area contributed by atoms with Crippen molar-refractivity contribution in [2.24, 2.45) is 0 Å². The molecule has 0 saturated heterocycles. The van der Waals surface area contributed by atoms with E-state index in [1.165, 1.54) is 4.57 Å². The normalized spacial score (nSPS) is 11.3. The molecule has 132 valence electrons. The second kappa shape index (κ2) is 7.21. The van der Waals surface area contributed by atoms with E-state index in [1.807, 2.05) is 42.5 Å². The van der Waals surface area contributed by atoms with E-state index in [9.17, 15) is 9.90 Å². The molecule has 4 rings (SSSR count). The van der Waals surface area contributed by atoms with Crippen LogP contribution in [-0.2, 0) is 0 Å². The van der Waals surface area contributed by atoms with E-state index in [0.29, 0.717) is 22.4 Å². The zero-order valence-corrected chi connectivity index (χ0v) is 15.8. The third-order valence-electron chi connectivity index (χ3n) is 4.20. The Morgan fingerprint density at radius 1 is 0.926 bits per heavy atom. The predicted octanol–water partition coefficient (Wildman–Crippen LogP) is 5.02. The molecule has 1 N–H and O–H groups in total. The number of phenolic OH excluding ortho intramolecular Hbond substituents is 1. The van der Waals surface area contributed by atoms with Gasteiger partial charge < -0.3 is 5.11 Å². The molecule has 0 spiro atoms. The van der Waals surface area contributed by atoms with Crippen LogP contribution < -0.4 is 5.56 Å². The maximum absolute atomic E-state index is 13.1. The Bertz CT molecular complexity index is 1230. The standard InChI is InChI=1S/C22H15BrN2O2/c23-16-7-5-6-15(14-16)12-13-21-24-18-9-2-1-8-17(18)22(27)25(21)19-10-3-4-11-20(19)26/h1-14,26H. The van der Waals surface area contributed by atoms with Crippen molar-refractivity contribution in [3.63, 3.8) is 0 Å². The van der Waals surface area contributed by atoms with Crippen LogP contribution in [0.2, 0.25) is 0 Å². The number of halogens is 1. The molecule has 0 radical (unpaired) electrons. The smallest absolute Gasteiger partial charge is 0.266 e. The second-order valence-corrected chi connectivity index (χ2v) is 6.92. The summed E-state index contributed by atoms with van der Waals surface area (Å²) in [6, 6.07) is 21.8. The van der Waals surface area contributed by atoms with Crippen LogP contribution in [0.4, 0.5) is 0 Å². The summed E-state index contributed by atoms with van der Waals surface area (Å²) in [6.45, 7) is 0. The quantitative estimate of drug-likeness (QED) is 0.507. The highest BCUT2D eigenvalue weighted by Gasteiger charge is 2.13. The Morgan fingerprint density at radius 3 is 2.52 bits per heavy atom. The highest BCUT2D eigenvalue weighted by molar-refractivity contribution is 9.10. The van der Waals surface area contributed by atoms with Gasteiger partial charge in [-0.1, -0.05) is 58.4 Å². The van der Waals surface area contributed by atoms with E-state index >= 15 is 0 Å². The van der Waals surface area contributed by atoms with E-state index in [0.717, 1.165) is 10.0 Å². The maximum Gasteiger partial charge on any atom is 0.266 e. The highest BCUT2D eigenvalue weighted by atomic mass is 79.9. The van der Waals surface area contributed by atoms with Crippen molar-refractivity contribution in [3.05, 3.63) is 99.0 Å². The summed E-state index contributed by atoms with van der Waals surface area (Å²) < 4.78 is 2.40. The molecule has 0 bridgehead atoms. The Morgan fingerprint density at radius 2 is 1.70 bits per heavy atom. The number of benzene rings is 3. The summed E-state index contributed by atoms with van der Waals surface area (Å²) >= 11 is 3.46. The van der Waals surface area contributed by atoms with Crippen LogP contribution >= 0.6 is 15.9 Å². The summed E-state index contributed by atoms with van der Waals surface area (Å²) in [5.41, 5.74) is 1.75. The maximum atomic E-state index is 13.1. The summed E-state index contributed by atoms with van der Waals surface area (Å²) in [5.74, 6) is 0.467. The topological polar surface area (TPSA) is 55.1 Å². The van der Waals surface area contributed by atoms with Gasteiger partial charge in [0.2, 0.25) is 0 Å². The summed E-state index contributed by atoms with van der Waals surface area (Å²) in [6.07, 6.45) is 3.67. The first-order chi connectivity index (χ1) is 13.1. The number of phenols is 1. The Hall–Kier alpha value is -3.18. The Labute approximate surface area is 164 Å². The molecule has 4 aromatic rings. The van der Waals surface area contributed by atoms with Crippen LogP contribution in [0.15, 0.2) is 82.1 Å². The van der Waals surface area contributed by atoms with Crippen molar-refractivity contribution >= 4 is 39.0 Å². The molecule has 27 heavy (non-hydrogen) atoms. The van der Waals surface area contributed by atoms with Crippen LogP contribution in [-0.4, -0.2) is 14.7 Å². The number of rotatable bonds is 3. The van der Waals surface area contributed by atoms with E-state index in [4.69, 9.17) is 0 Å². The minimum Gasteiger partial charge on any atom is -0.506 e. The average molecular weight is 419 g/mol. The molecule has 0 aliphatic carbocycles. The number of aromatic nitrogens is 2. The molecular formula is C22H15BrN2O2. The summed E-state index contributed by atoms with van der Waals surface area (Å²) in [5, 5.41) is 10.8. The molecule has 0 aliphatic heterocycles. The van der Waals surface area contributed by atoms with Gasteiger partial charge in [0.25, 0.3) is 5.56 Å². The van der Waals surface area contributed by atoms with Gasteiger partial charge in [-0.15, -0.1) is 0 Å². The molecule has 3 aromatic carbocycles. The molecule has 0 atom stereocenters. The van der Waals surface area contributed by atoms with Crippen molar-refractivity contribution in [1.29, 1.82) is 0 Å². The lowest BCUT2D eigenvalue weighted by molar-refractivity contribution is 0.471. The van der Waals surface area contributed by atoms with Gasteiger partial charge >= 0.3 is 0 Å². The van der Waals surface area contributed by atoms with Gasteiger partial charge in [0.1, 0.15) is 11.6 Å². The van der Waals surface area contributed by atoms with Crippen molar-refractivity contribution < 1.29 is 5.11 Å². The highest BCUT2D eigenvalue weighted by Crippen LogP contribution is 2.23. The fraction of sp³-hybridized carbons (Fsp3) is 0. The first-order valence-electron chi connectivity index (χ1n) is 8.37. The largest absolute Gasteiger partial charge is 0.506 e. The number of nitrogens with zero attached hydrogens (tertiary/aromatic N) is 2. The van der Waals surface area contributed by atoms with Crippen molar-refractivity contribution in [3.8, 4) is 11.4 Å². The monoisotopic (exact) mass is 418 g/mol. The fourth-order valence-electron chi connectivity index (χ4n) is 2.93. The van der Waals surface area contributed by atoms with E-state index < -0.39 is 0 Å². The molecule has 0 unspecified atom stereocenters. The first-order valence-corrected chi connectivity index (χ1v) is 9.16. The first kappa shape index (κ1) is 17.2. The van der Waals surface area contributed by atoms with E-state index in [2.05, 4.69) is 20.9 Å². The predicted molar refractivity (Wildman–Crippen MR) is 112 cm³/mol. The van der Waals surface area contributed by atoms with Gasteiger partial charge in [0.05, 0.1) is 16.6 Å². The van der Waals surface area contributed by atoms with Gasteiger partial charge in [-0.3, -0.25) is 9.36 Å². The average Bonchev–Trinajstić information content (AvgIpc) is 2.68. The Balaban J connectivity index is 1.97. The molecule has 4 nitrogen and oxygen atoms in total. The third kappa shape index (κ3) is 3.41. The molecule has 0 fully saturated rings. The molecular weight excluding hydrogens is 404 g/mol. The number of hydrogen-bond acceptors (Lipinski definition) is 3. The lowest BCUT2D eigenvalue weighted by Crippen LogP contribution is -2.22. The molecule has 1 aromatic heterocycles. The van der Waals surface area contributed by atoms with Crippen molar-refractivity contribution in [1.82, 2.24) is 9.55 Å². The zero-order chi connectivity index (χ0) is 18.8. The lowest BCUT2D eigenvalue weighted by atomic mass is 10.2. The number of fused-ring (bicyclic) bond motifs is 1. The zero-order valence-electron chi connectivity index (χ0n) is 14.2. The van der Waals surface area contributed by atoms with E-state index in [1.54, 1.807) is 42.5 Å². The van der Waals surface area contributed by atoms with Crippen LogP contribution in [0.1, 0.15) is 11.4 Å². The molecule has 0 saturated carbocycles. The van der Waals surface area contributed by atoms with Gasteiger partial charge in [0, 0.05) is 4.47 Å². The number of hydrogen-bond donors (Lipinski definition) is 1. The summed E-state index contributed by atoms with van der Waals surface area (Å²) in [7, 11) is 0. The minimum atomic E-state index is -0.226. The Kier molecular flexibility index (Phi) is 4.60. The fourth-order valence-corrected chi connectivity index (χ4v) is 3.35. The number of para-hydroxylation sites is 3. The van der Waals surface area contributed by atoms with Gasteiger partial charge in [0.15, 0.2) is 0 Å². The summed E-state index contributed by atoms with van der Waals surface area (Å²) in [4.78, 5) is 17.8. The van der Waals surface area contributed by atoms with Crippen LogP contribution in [0.25, 0.3) is 28.7 Å². The third-order valence-corrected chi connectivity index (χ3v) is 4.69. The second-order valence-electron chi connectivity index (χ2n) is 6.00. The molecule has 0 amide bonds. The molecule has 5 heteroatoms.